The third-order valence-electron chi connectivity index (χ3n) is 3.87. The van der Waals surface area contributed by atoms with Crippen LogP contribution in [0.3, 0.4) is 0 Å². The van der Waals surface area contributed by atoms with Gasteiger partial charge >= 0.3 is 0 Å². The summed E-state index contributed by atoms with van der Waals surface area (Å²) in [5.74, 6) is 0.774. The first-order valence-electron chi connectivity index (χ1n) is 6.91. The molecule has 0 atom stereocenters. The van der Waals surface area contributed by atoms with Gasteiger partial charge in [0.15, 0.2) is 0 Å². The number of hydrogen-bond donors (Lipinski definition) is 1. The predicted molar refractivity (Wildman–Crippen MR) is 69.9 cm³/mol. The Labute approximate surface area is 112 Å². The van der Waals surface area contributed by atoms with Crippen LogP contribution in [0.1, 0.15) is 18.0 Å². The summed E-state index contributed by atoms with van der Waals surface area (Å²) in [6, 6.07) is 0. The zero-order valence-electron chi connectivity index (χ0n) is 11.0. The van der Waals surface area contributed by atoms with Gasteiger partial charge in [0.25, 0.3) is 0 Å². The van der Waals surface area contributed by atoms with Crippen LogP contribution in [0.5, 0.6) is 0 Å². The molecule has 2 aliphatic heterocycles. The third kappa shape index (κ3) is 2.79. The molecule has 2 fully saturated rings. The number of aryl methyl sites for hydroxylation is 1. The molecule has 1 N–H and O–H groups in total. The Hall–Kier alpha value is -1.40. The van der Waals surface area contributed by atoms with Crippen LogP contribution >= 0.6 is 0 Å². The third-order valence-corrected chi connectivity index (χ3v) is 3.87. The summed E-state index contributed by atoms with van der Waals surface area (Å²) in [6.45, 7) is 5.53. The number of morpholine rings is 1. The van der Waals surface area contributed by atoms with Gasteiger partial charge in [0.05, 0.1) is 19.5 Å². The summed E-state index contributed by atoms with van der Waals surface area (Å²) in [4.78, 5) is 18.2. The zero-order valence-corrected chi connectivity index (χ0v) is 11.0. The SMILES string of the molecule is O=C(CCn1cncc1C1CNC1)N1CCOCC1. The van der Waals surface area contributed by atoms with Gasteiger partial charge in [0.2, 0.25) is 5.91 Å². The van der Waals surface area contributed by atoms with E-state index in [1.165, 1.54) is 5.69 Å². The lowest BCUT2D eigenvalue weighted by atomic mass is 10.00. The second-order valence-corrected chi connectivity index (χ2v) is 5.11. The summed E-state index contributed by atoms with van der Waals surface area (Å²) < 4.78 is 7.37. The molecular weight excluding hydrogens is 244 g/mol. The first-order valence-corrected chi connectivity index (χ1v) is 6.91. The fourth-order valence-electron chi connectivity index (χ4n) is 2.54. The van der Waals surface area contributed by atoms with Crippen molar-refractivity contribution < 1.29 is 9.53 Å². The van der Waals surface area contributed by atoms with Gasteiger partial charge in [0, 0.05) is 57.0 Å². The maximum absolute atomic E-state index is 12.1. The first-order chi connectivity index (χ1) is 9.34. The normalized spacial score (nSPS) is 20.3. The Morgan fingerprint density at radius 2 is 2.21 bits per heavy atom. The van der Waals surface area contributed by atoms with Crippen LogP contribution in [0.4, 0.5) is 0 Å². The largest absolute Gasteiger partial charge is 0.378 e. The Bertz CT molecular complexity index is 436. The number of aromatic nitrogens is 2. The Morgan fingerprint density at radius 3 is 2.89 bits per heavy atom. The van der Waals surface area contributed by atoms with Crippen molar-refractivity contribution in [3.05, 3.63) is 18.2 Å². The average molecular weight is 264 g/mol. The van der Waals surface area contributed by atoms with Crippen LogP contribution in [0, 0.1) is 0 Å². The predicted octanol–water partition coefficient (Wildman–Crippen LogP) is -0.181. The second kappa shape index (κ2) is 5.71. The quantitative estimate of drug-likeness (QED) is 0.819. The van der Waals surface area contributed by atoms with E-state index in [-0.39, 0.29) is 5.91 Å². The highest BCUT2D eigenvalue weighted by molar-refractivity contribution is 5.76. The molecule has 0 spiro atoms. The van der Waals surface area contributed by atoms with Gasteiger partial charge in [-0.25, -0.2) is 4.98 Å². The lowest BCUT2D eigenvalue weighted by Crippen LogP contribution is -2.42. The molecule has 1 aromatic heterocycles. The summed E-state index contributed by atoms with van der Waals surface area (Å²) in [5.41, 5.74) is 1.24. The molecule has 0 unspecified atom stereocenters. The monoisotopic (exact) mass is 264 g/mol. The first kappa shape index (κ1) is 12.6. The molecule has 0 bridgehead atoms. The summed E-state index contributed by atoms with van der Waals surface area (Å²) in [6.07, 6.45) is 4.30. The van der Waals surface area contributed by atoms with Crippen LogP contribution in [0.25, 0.3) is 0 Å². The molecule has 2 saturated heterocycles. The fourth-order valence-corrected chi connectivity index (χ4v) is 2.54. The summed E-state index contributed by atoms with van der Waals surface area (Å²) in [5, 5.41) is 3.26. The maximum atomic E-state index is 12.1. The highest BCUT2D eigenvalue weighted by Crippen LogP contribution is 2.19. The van der Waals surface area contributed by atoms with Gasteiger partial charge in [-0.1, -0.05) is 0 Å². The van der Waals surface area contributed by atoms with E-state index in [2.05, 4.69) is 14.9 Å². The number of carbonyl (C=O) groups is 1. The van der Waals surface area contributed by atoms with Gasteiger partial charge in [-0.2, -0.15) is 0 Å². The highest BCUT2D eigenvalue weighted by atomic mass is 16.5. The van der Waals surface area contributed by atoms with E-state index in [1.54, 1.807) is 0 Å². The minimum Gasteiger partial charge on any atom is -0.378 e. The lowest BCUT2D eigenvalue weighted by molar-refractivity contribution is -0.135. The van der Waals surface area contributed by atoms with Crippen molar-refractivity contribution in [1.82, 2.24) is 19.8 Å². The van der Waals surface area contributed by atoms with Crippen LogP contribution in [-0.4, -0.2) is 59.8 Å². The van der Waals surface area contributed by atoms with E-state index in [9.17, 15) is 4.79 Å². The number of ether oxygens (including phenoxy) is 1. The molecule has 0 aromatic carbocycles. The zero-order chi connectivity index (χ0) is 13.1. The fraction of sp³-hybridized carbons (Fsp3) is 0.692. The van der Waals surface area contributed by atoms with E-state index in [1.807, 2.05) is 17.4 Å². The summed E-state index contributed by atoms with van der Waals surface area (Å²) in [7, 11) is 0. The summed E-state index contributed by atoms with van der Waals surface area (Å²) >= 11 is 0. The Morgan fingerprint density at radius 1 is 1.42 bits per heavy atom. The second-order valence-electron chi connectivity index (χ2n) is 5.11. The Kier molecular flexibility index (Phi) is 3.79. The van der Waals surface area contributed by atoms with Gasteiger partial charge in [-0.3, -0.25) is 4.79 Å². The van der Waals surface area contributed by atoms with Gasteiger partial charge in [0.1, 0.15) is 0 Å². The van der Waals surface area contributed by atoms with Crippen LogP contribution in [0.2, 0.25) is 0 Å². The van der Waals surface area contributed by atoms with Crippen LogP contribution < -0.4 is 5.32 Å². The topological polar surface area (TPSA) is 59.4 Å². The number of amides is 1. The number of nitrogens with zero attached hydrogens (tertiary/aromatic N) is 3. The molecule has 104 valence electrons. The standard InChI is InChI=1S/C13H20N4O2/c18-13(16-3-5-19-6-4-16)1-2-17-10-15-9-12(17)11-7-14-8-11/h9-11,14H,1-8H2. The van der Waals surface area contributed by atoms with Crippen molar-refractivity contribution in [3.8, 4) is 0 Å². The van der Waals surface area contributed by atoms with Crippen LogP contribution in [0.15, 0.2) is 12.5 Å². The molecule has 19 heavy (non-hydrogen) atoms. The van der Waals surface area contributed by atoms with Gasteiger partial charge in [-0.05, 0) is 0 Å². The van der Waals surface area contributed by atoms with E-state index in [0.29, 0.717) is 25.6 Å². The number of carbonyl (C=O) groups excluding carboxylic acids is 1. The molecule has 1 amide bonds. The van der Waals surface area contributed by atoms with Crippen molar-refractivity contribution in [2.45, 2.75) is 18.9 Å². The van der Waals surface area contributed by atoms with E-state index < -0.39 is 0 Å². The van der Waals surface area contributed by atoms with E-state index in [0.717, 1.165) is 32.7 Å². The molecule has 0 aliphatic carbocycles. The maximum Gasteiger partial charge on any atom is 0.224 e. The molecule has 2 aliphatic rings. The van der Waals surface area contributed by atoms with Crippen LogP contribution in [-0.2, 0) is 16.1 Å². The van der Waals surface area contributed by atoms with Crippen molar-refractivity contribution in [2.75, 3.05) is 39.4 Å². The molecule has 6 heteroatoms. The smallest absolute Gasteiger partial charge is 0.224 e. The number of nitrogens with one attached hydrogen (secondary N) is 1. The minimum absolute atomic E-state index is 0.217. The van der Waals surface area contributed by atoms with Crippen molar-refractivity contribution in [1.29, 1.82) is 0 Å². The molecular formula is C13H20N4O2. The van der Waals surface area contributed by atoms with Crippen molar-refractivity contribution in [3.63, 3.8) is 0 Å². The number of rotatable bonds is 4. The highest BCUT2D eigenvalue weighted by Gasteiger charge is 2.23. The van der Waals surface area contributed by atoms with Gasteiger partial charge < -0.3 is 19.5 Å². The molecule has 0 radical (unpaired) electrons. The molecule has 0 saturated carbocycles. The minimum atomic E-state index is 0.217. The van der Waals surface area contributed by atoms with Crippen molar-refractivity contribution >= 4 is 5.91 Å². The molecule has 3 rings (SSSR count). The molecule has 6 nitrogen and oxygen atoms in total. The molecule has 3 heterocycles. The van der Waals surface area contributed by atoms with Crippen molar-refractivity contribution in [2.24, 2.45) is 0 Å². The van der Waals surface area contributed by atoms with E-state index >= 15 is 0 Å². The Balaban J connectivity index is 1.53. The lowest BCUT2D eigenvalue weighted by Gasteiger charge is -2.29. The number of hydrogen-bond acceptors (Lipinski definition) is 4. The molecule has 1 aromatic rings. The van der Waals surface area contributed by atoms with Gasteiger partial charge in [-0.15, -0.1) is 0 Å². The van der Waals surface area contributed by atoms with E-state index in [4.69, 9.17) is 4.74 Å². The average Bonchev–Trinajstić information content (AvgIpc) is 2.83. The number of imidazole rings is 1.